The van der Waals surface area contributed by atoms with Gasteiger partial charge in [0.2, 0.25) is 5.91 Å². The average molecular weight is 222 g/mol. The number of rotatable bonds is 2. The Balaban J connectivity index is 2.03. The van der Waals surface area contributed by atoms with Gasteiger partial charge in [-0.3, -0.25) is 9.48 Å². The van der Waals surface area contributed by atoms with Crippen LogP contribution in [0.5, 0.6) is 0 Å². The van der Waals surface area contributed by atoms with E-state index in [-0.39, 0.29) is 11.9 Å². The number of nitrogens with zero attached hydrogens (tertiary/aromatic N) is 3. The van der Waals surface area contributed by atoms with E-state index in [1.54, 1.807) is 22.8 Å². The van der Waals surface area contributed by atoms with Gasteiger partial charge in [0, 0.05) is 20.3 Å². The van der Waals surface area contributed by atoms with Crippen LogP contribution in [0, 0.1) is 0 Å². The van der Waals surface area contributed by atoms with Crippen molar-refractivity contribution in [2.24, 2.45) is 7.05 Å². The number of hydrogen-bond donors (Lipinski definition) is 1. The molecule has 1 aliphatic rings. The maximum atomic E-state index is 12.1. The first-order valence-electron chi connectivity index (χ1n) is 5.68. The third-order valence-corrected chi connectivity index (χ3v) is 3.02. The van der Waals surface area contributed by atoms with E-state index >= 15 is 0 Å². The smallest absolute Gasteiger partial charge is 0.243 e. The molecule has 1 N–H and O–H groups in total. The number of piperidine rings is 1. The average Bonchev–Trinajstić information content (AvgIpc) is 2.75. The standard InChI is InChI=1S/C11H18N4O/c1-14-8-9(7-13-14)15(2)11(16)10-5-3-4-6-12-10/h7-8,10,12H,3-6H2,1-2H3/t10-/m1/s1. The maximum Gasteiger partial charge on any atom is 0.243 e. The van der Waals surface area contributed by atoms with Crippen molar-refractivity contribution in [1.82, 2.24) is 15.1 Å². The van der Waals surface area contributed by atoms with Gasteiger partial charge in [-0.1, -0.05) is 6.42 Å². The molecule has 1 fully saturated rings. The predicted octanol–water partition coefficient (Wildman–Crippen LogP) is 0.525. The summed E-state index contributed by atoms with van der Waals surface area (Å²) in [6.45, 7) is 0.942. The monoisotopic (exact) mass is 222 g/mol. The Bertz CT molecular complexity index is 368. The van der Waals surface area contributed by atoms with E-state index in [1.165, 1.54) is 6.42 Å². The molecule has 1 aliphatic heterocycles. The number of carbonyl (C=O) groups is 1. The van der Waals surface area contributed by atoms with Gasteiger partial charge in [0.15, 0.2) is 0 Å². The van der Waals surface area contributed by atoms with Gasteiger partial charge in [-0.05, 0) is 19.4 Å². The van der Waals surface area contributed by atoms with Gasteiger partial charge < -0.3 is 10.2 Å². The fraction of sp³-hybridized carbons (Fsp3) is 0.636. The van der Waals surface area contributed by atoms with E-state index in [2.05, 4.69) is 10.4 Å². The number of carbonyl (C=O) groups excluding carboxylic acids is 1. The maximum absolute atomic E-state index is 12.1. The first-order chi connectivity index (χ1) is 7.68. The molecule has 1 amide bonds. The number of aryl methyl sites for hydroxylation is 1. The molecule has 88 valence electrons. The number of anilines is 1. The zero-order valence-electron chi connectivity index (χ0n) is 9.81. The SMILES string of the molecule is CN(C(=O)[C@H]1CCCCN1)c1cnn(C)c1. The van der Waals surface area contributed by atoms with Gasteiger partial charge in [-0.2, -0.15) is 5.10 Å². The van der Waals surface area contributed by atoms with Crippen molar-refractivity contribution in [3.63, 3.8) is 0 Å². The van der Waals surface area contributed by atoms with Crippen LogP contribution in [-0.4, -0.2) is 35.3 Å². The van der Waals surface area contributed by atoms with Crippen LogP contribution in [0.1, 0.15) is 19.3 Å². The third kappa shape index (κ3) is 2.24. The van der Waals surface area contributed by atoms with Crippen LogP contribution in [0.3, 0.4) is 0 Å². The van der Waals surface area contributed by atoms with Gasteiger partial charge >= 0.3 is 0 Å². The highest BCUT2D eigenvalue weighted by Crippen LogP contribution is 2.15. The minimum absolute atomic E-state index is 0.0287. The lowest BCUT2D eigenvalue weighted by Gasteiger charge is -2.26. The highest BCUT2D eigenvalue weighted by molar-refractivity contribution is 5.96. The summed E-state index contributed by atoms with van der Waals surface area (Å²) in [7, 11) is 3.65. The topological polar surface area (TPSA) is 50.2 Å². The van der Waals surface area contributed by atoms with E-state index in [0.717, 1.165) is 25.1 Å². The van der Waals surface area contributed by atoms with Crippen molar-refractivity contribution in [2.75, 3.05) is 18.5 Å². The number of hydrogen-bond acceptors (Lipinski definition) is 3. The summed E-state index contributed by atoms with van der Waals surface area (Å²) in [5, 5.41) is 7.33. The van der Waals surface area contributed by atoms with Crippen LogP contribution in [0.25, 0.3) is 0 Å². The van der Waals surface area contributed by atoms with E-state index in [1.807, 2.05) is 13.2 Å². The second-order valence-corrected chi connectivity index (χ2v) is 4.27. The quantitative estimate of drug-likeness (QED) is 0.794. The van der Waals surface area contributed by atoms with Gasteiger partial charge in [-0.15, -0.1) is 0 Å². The van der Waals surface area contributed by atoms with Gasteiger partial charge in [-0.25, -0.2) is 0 Å². The van der Waals surface area contributed by atoms with Crippen LogP contribution in [0.2, 0.25) is 0 Å². The molecular formula is C11H18N4O. The van der Waals surface area contributed by atoms with Gasteiger partial charge in [0.05, 0.1) is 17.9 Å². The second kappa shape index (κ2) is 4.65. The largest absolute Gasteiger partial charge is 0.311 e. The lowest BCUT2D eigenvalue weighted by molar-refractivity contribution is -0.120. The molecule has 1 saturated heterocycles. The molecule has 16 heavy (non-hydrogen) atoms. The molecule has 2 rings (SSSR count). The minimum Gasteiger partial charge on any atom is -0.311 e. The Hall–Kier alpha value is -1.36. The molecule has 0 aromatic carbocycles. The second-order valence-electron chi connectivity index (χ2n) is 4.27. The third-order valence-electron chi connectivity index (χ3n) is 3.02. The van der Waals surface area contributed by atoms with Gasteiger partial charge in [0.1, 0.15) is 0 Å². The molecule has 0 aliphatic carbocycles. The lowest BCUT2D eigenvalue weighted by atomic mass is 10.0. The molecule has 0 spiro atoms. The Labute approximate surface area is 95.4 Å². The molecule has 1 aromatic rings. The Kier molecular flexibility index (Phi) is 3.24. The first-order valence-corrected chi connectivity index (χ1v) is 5.68. The summed E-state index contributed by atoms with van der Waals surface area (Å²) in [6, 6.07) is -0.0287. The summed E-state index contributed by atoms with van der Waals surface area (Å²) in [5.74, 6) is 0.132. The minimum atomic E-state index is -0.0287. The normalized spacial score (nSPS) is 20.8. The van der Waals surface area contributed by atoms with Crippen LogP contribution in [0.15, 0.2) is 12.4 Å². The zero-order chi connectivity index (χ0) is 11.5. The molecule has 2 heterocycles. The molecule has 1 aromatic heterocycles. The van der Waals surface area contributed by atoms with Crippen LogP contribution in [0.4, 0.5) is 5.69 Å². The molecular weight excluding hydrogens is 204 g/mol. The van der Waals surface area contributed by atoms with E-state index < -0.39 is 0 Å². The Morgan fingerprint density at radius 2 is 2.44 bits per heavy atom. The first kappa shape index (κ1) is 11.1. The fourth-order valence-electron chi connectivity index (χ4n) is 2.01. The summed E-state index contributed by atoms with van der Waals surface area (Å²) < 4.78 is 1.70. The summed E-state index contributed by atoms with van der Waals surface area (Å²) in [5.41, 5.74) is 0.847. The summed E-state index contributed by atoms with van der Waals surface area (Å²) >= 11 is 0. The lowest BCUT2D eigenvalue weighted by Crippen LogP contribution is -2.47. The molecule has 1 atom stereocenters. The highest BCUT2D eigenvalue weighted by Gasteiger charge is 2.24. The van der Waals surface area contributed by atoms with Crippen molar-refractivity contribution in [3.05, 3.63) is 12.4 Å². The van der Waals surface area contributed by atoms with Crippen LogP contribution >= 0.6 is 0 Å². The molecule has 0 radical (unpaired) electrons. The van der Waals surface area contributed by atoms with Crippen molar-refractivity contribution >= 4 is 11.6 Å². The molecule has 5 heteroatoms. The van der Waals surface area contributed by atoms with Crippen molar-refractivity contribution in [2.45, 2.75) is 25.3 Å². The number of aromatic nitrogens is 2. The van der Waals surface area contributed by atoms with Crippen molar-refractivity contribution in [1.29, 1.82) is 0 Å². The van der Waals surface area contributed by atoms with Crippen molar-refractivity contribution < 1.29 is 4.79 Å². The van der Waals surface area contributed by atoms with Crippen LogP contribution < -0.4 is 10.2 Å². The predicted molar refractivity (Wildman–Crippen MR) is 62.3 cm³/mol. The van der Waals surface area contributed by atoms with Crippen LogP contribution in [-0.2, 0) is 11.8 Å². The summed E-state index contributed by atoms with van der Waals surface area (Å²) in [6.07, 6.45) is 6.79. The molecule has 0 saturated carbocycles. The molecule has 0 unspecified atom stereocenters. The van der Waals surface area contributed by atoms with Crippen molar-refractivity contribution in [3.8, 4) is 0 Å². The summed E-state index contributed by atoms with van der Waals surface area (Å²) in [4.78, 5) is 13.8. The molecule has 5 nitrogen and oxygen atoms in total. The number of likely N-dealkylation sites (N-methyl/N-ethyl adjacent to an activating group) is 1. The highest BCUT2D eigenvalue weighted by atomic mass is 16.2. The Morgan fingerprint density at radius 1 is 1.62 bits per heavy atom. The van der Waals surface area contributed by atoms with Gasteiger partial charge in [0.25, 0.3) is 0 Å². The van der Waals surface area contributed by atoms with E-state index in [0.29, 0.717) is 0 Å². The van der Waals surface area contributed by atoms with E-state index in [4.69, 9.17) is 0 Å². The van der Waals surface area contributed by atoms with E-state index in [9.17, 15) is 4.79 Å². The molecule has 0 bridgehead atoms. The number of nitrogens with one attached hydrogen (secondary N) is 1. The zero-order valence-corrected chi connectivity index (χ0v) is 9.81. The Morgan fingerprint density at radius 3 is 3.00 bits per heavy atom. The fourth-order valence-corrected chi connectivity index (χ4v) is 2.01. The number of amides is 1.